The van der Waals surface area contributed by atoms with Crippen LogP contribution in [0.25, 0.3) is 0 Å². The molecule has 1 aliphatic heterocycles. The number of amides is 3. The standard InChI is InChI=1S/C19H25N5O2/c1-22(12-15-11-20-23(2)13-15)18(25)16-7-6-10-24(14-16)19(26)21-17-8-4-3-5-9-17/h3-5,8-9,11,13,16H,6-7,10,12,14H2,1-2H3,(H,21,26)/t16-/m1/s1. The number of anilines is 1. The third-order valence-electron chi connectivity index (χ3n) is 4.64. The van der Waals surface area contributed by atoms with Gasteiger partial charge in [0.2, 0.25) is 5.91 Å². The van der Waals surface area contributed by atoms with E-state index >= 15 is 0 Å². The molecule has 2 aromatic rings. The maximum Gasteiger partial charge on any atom is 0.321 e. The van der Waals surface area contributed by atoms with Crippen LogP contribution in [0.4, 0.5) is 10.5 Å². The quantitative estimate of drug-likeness (QED) is 0.915. The van der Waals surface area contributed by atoms with E-state index in [2.05, 4.69) is 10.4 Å². The fraction of sp³-hybridized carbons (Fsp3) is 0.421. The molecule has 7 heteroatoms. The van der Waals surface area contributed by atoms with Crippen LogP contribution >= 0.6 is 0 Å². The molecule has 1 aromatic carbocycles. The third kappa shape index (κ3) is 4.41. The molecule has 0 unspecified atom stereocenters. The number of rotatable bonds is 4. The fourth-order valence-corrected chi connectivity index (χ4v) is 3.30. The summed E-state index contributed by atoms with van der Waals surface area (Å²) in [6.45, 7) is 1.66. The van der Waals surface area contributed by atoms with Crippen LogP contribution in [0.1, 0.15) is 18.4 Å². The number of hydrogen-bond acceptors (Lipinski definition) is 3. The zero-order chi connectivity index (χ0) is 18.5. The zero-order valence-electron chi connectivity index (χ0n) is 15.3. The Bertz CT molecular complexity index is 758. The molecule has 2 heterocycles. The van der Waals surface area contributed by atoms with Crippen LogP contribution < -0.4 is 5.32 Å². The van der Waals surface area contributed by atoms with Crippen molar-refractivity contribution in [2.45, 2.75) is 19.4 Å². The van der Waals surface area contributed by atoms with Crippen molar-refractivity contribution in [3.8, 4) is 0 Å². The highest BCUT2D eigenvalue weighted by molar-refractivity contribution is 5.90. The number of para-hydroxylation sites is 1. The van der Waals surface area contributed by atoms with E-state index in [1.165, 1.54) is 0 Å². The molecule has 1 fully saturated rings. The summed E-state index contributed by atoms with van der Waals surface area (Å²) in [4.78, 5) is 28.7. The SMILES string of the molecule is CN(Cc1cnn(C)c1)C(=O)[C@@H]1CCCN(C(=O)Nc2ccccc2)C1. The second-order valence-corrected chi connectivity index (χ2v) is 6.80. The highest BCUT2D eigenvalue weighted by atomic mass is 16.2. The molecular weight excluding hydrogens is 330 g/mol. The van der Waals surface area contributed by atoms with Crippen LogP contribution in [0, 0.1) is 5.92 Å². The highest BCUT2D eigenvalue weighted by Gasteiger charge is 2.30. The van der Waals surface area contributed by atoms with Gasteiger partial charge in [-0.3, -0.25) is 9.48 Å². The Morgan fingerprint density at radius 1 is 1.31 bits per heavy atom. The predicted molar refractivity (Wildman–Crippen MR) is 99.4 cm³/mol. The Kier molecular flexibility index (Phi) is 5.55. The van der Waals surface area contributed by atoms with E-state index < -0.39 is 0 Å². The number of aromatic nitrogens is 2. The van der Waals surface area contributed by atoms with E-state index in [1.807, 2.05) is 43.6 Å². The second-order valence-electron chi connectivity index (χ2n) is 6.80. The number of benzene rings is 1. The lowest BCUT2D eigenvalue weighted by Gasteiger charge is -2.34. The van der Waals surface area contributed by atoms with Crippen LogP contribution in [0.5, 0.6) is 0 Å². The lowest BCUT2D eigenvalue weighted by Crippen LogP contribution is -2.47. The number of carbonyl (C=O) groups is 2. The first-order valence-electron chi connectivity index (χ1n) is 8.86. The van der Waals surface area contributed by atoms with Crippen LogP contribution in [-0.4, -0.2) is 51.7 Å². The molecule has 1 atom stereocenters. The van der Waals surface area contributed by atoms with E-state index in [9.17, 15) is 9.59 Å². The number of piperidine rings is 1. The molecule has 0 radical (unpaired) electrons. The molecule has 0 spiro atoms. The van der Waals surface area contributed by atoms with Crippen LogP contribution in [-0.2, 0) is 18.4 Å². The van der Waals surface area contributed by atoms with Gasteiger partial charge in [0.15, 0.2) is 0 Å². The van der Waals surface area contributed by atoms with Gasteiger partial charge in [0.05, 0.1) is 12.1 Å². The molecule has 3 rings (SSSR count). The van der Waals surface area contributed by atoms with Gasteiger partial charge < -0.3 is 15.1 Å². The number of carbonyl (C=O) groups excluding carboxylic acids is 2. The average Bonchev–Trinajstić information content (AvgIpc) is 3.06. The van der Waals surface area contributed by atoms with Crippen molar-refractivity contribution < 1.29 is 9.59 Å². The van der Waals surface area contributed by atoms with E-state index in [1.54, 1.807) is 27.7 Å². The summed E-state index contributed by atoms with van der Waals surface area (Å²) in [7, 11) is 3.66. The van der Waals surface area contributed by atoms with Crippen molar-refractivity contribution in [1.29, 1.82) is 0 Å². The maximum atomic E-state index is 12.8. The molecule has 138 valence electrons. The minimum Gasteiger partial charge on any atom is -0.341 e. The van der Waals surface area contributed by atoms with E-state index in [4.69, 9.17) is 0 Å². The topological polar surface area (TPSA) is 70.5 Å². The summed E-state index contributed by atoms with van der Waals surface area (Å²) >= 11 is 0. The minimum atomic E-state index is -0.160. The van der Waals surface area contributed by atoms with E-state index in [0.29, 0.717) is 19.6 Å². The summed E-state index contributed by atoms with van der Waals surface area (Å²) in [6.07, 6.45) is 5.32. The van der Waals surface area contributed by atoms with Gasteiger partial charge >= 0.3 is 6.03 Å². The Labute approximate surface area is 153 Å². The van der Waals surface area contributed by atoms with E-state index in [-0.39, 0.29) is 17.9 Å². The molecule has 0 aliphatic carbocycles. The van der Waals surface area contributed by atoms with Crippen molar-refractivity contribution in [3.05, 3.63) is 48.3 Å². The molecule has 1 saturated heterocycles. The summed E-state index contributed by atoms with van der Waals surface area (Å²) < 4.78 is 1.73. The molecular formula is C19H25N5O2. The smallest absolute Gasteiger partial charge is 0.321 e. The summed E-state index contributed by atoms with van der Waals surface area (Å²) in [5.74, 6) is -0.0852. The van der Waals surface area contributed by atoms with Gasteiger partial charge in [0.25, 0.3) is 0 Å². The van der Waals surface area contributed by atoms with Crippen molar-refractivity contribution >= 4 is 17.6 Å². The number of aryl methyl sites for hydroxylation is 1. The molecule has 26 heavy (non-hydrogen) atoms. The number of urea groups is 1. The average molecular weight is 355 g/mol. The third-order valence-corrected chi connectivity index (χ3v) is 4.64. The summed E-state index contributed by atoms with van der Waals surface area (Å²) in [6, 6.07) is 9.22. The summed E-state index contributed by atoms with van der Waals surface area (Å²) in [5, 5.41) is 7.03. The summed E-state index contributed by atoms with van der Waals surface area (Å²) in [5.41, 5.74) is 1.76. The second kappa shape index (κ2) is 8.03. The van der Waals surface area contributed by atoms with Crippen molar-refractivity contribution in [2.24, 2.45) is 13.0 Å². The molecule has 7 nitrogen and oxygen atoms in total. The Hall–Kier alpha value is -2.83. The van der Waals surface area contributed by atoms with Gasteiger partial charge in [-0.25, -0.2) is 4.79 Å². The number of hydrogen-bond donors (Lipinski definition) is 1. The zero-order valence-corrected chi connectivity index (χ0v) is 15.3. The molecule has 1 N–H and O–H groups in total. The van der Waals surface area contributed by atoms with Gasteiger partial charge in [-0.2, -0.15) is 5.10 Å². The maximum absolute atomic E-state index is 12.8. The van der Waals surface area contributed by atoms with Crippen LogP contribution in [0.15, 0.2) is 42.7 Å². The number of nitrogens with one attached hydrogen (secondary N) is 1. The van der Waals surface area contributed by atoms with Gasteiger partial charge in [0, 0.05) is 51.2 Å². The predicted octanol–water partition coefficient (Wildman–Crippen LogP) is 2.32. The van der Waals surface area contributed by atoms with E-state index in [0.717, 1.165) is 24.1 Å². The molecule has 3 amide bonds. The van der Waals surface area contributed by atoms with Gasteiger partial charge in [-0.15, -0.1) is 0 Å². The van der Waals surface area contributed by atoms with Crippen molar-refractivity contribution in [3.63, 3.8) is 0 Å². The Morgan fingerprint density at radius 3 is 2.77 bits per heavy atom. The molecule has 1 aromatic heterocycles. The number of nitrogens with zero attached hydrogens (tertiary/aromatic N) is 4. The molecule has 1 aliphatic rings. The first-order chi connectivity index (χ1) is 12.5. The molecule has 0 saturated carbocycles. The number of likely N-dealkylation sites (tertiary alicyclic amines) is 1. The van der Waals surface area contributed by atoms with Crippen molar-refractivity contribution in [2.75, 3.05) is 25.5 Å². The van der Waals surface area contributed by atoms with Gasteiger partial charge in [-0.1, -0.05) is 18.2 Å². The monoisotopic (exact) mass is 355 g/mol. The lowest BCUT2D eigenvalue weighted by molar-refractivity contribution is -0.136. The van der Waals surface area contributed by atoms with Gasteiger partial charge in [-0.05, 0) is 25.0 Å². The fourth-order valence-electron chi connectivity index (χ4n) is 3.30. The Balaban J connectivity index is 1.56. The highest BCUT2D eigenvalue weighted by Crippen LogP contribution is 2.20. The lowest BCUT2D eigenvalue weighted by atomic mass is 9.96. The van der Waals surface area contributed by atoms with Crippen molar-refractivity contribution in [1.82, 2.24) is 19.6 Å². The first kappa shape index (κ1) is 18.0. The normalized spacial score (nSPS) is 17.0. The van der Waals surface area contributed by atoms with Crippen LogP contribution in [0.2, 0.25) is 0 Å². The Morgan fingerprint density at radius 2 is 2.08 bits per heavy atom. The first-order valence-corrected chi connectivity index (χ1v) is 8.86. The van der Waals surface area contributed by atoms with Gasteiger partial charge in [0.1, 0.15) is 0 Å². The minimum absolute atomic E-state index is 0.0751. The molecule has 0 bridgehead atoms. The largest absolute Gasteiger partial charge is 0.341 e. The van der Waals surface area contributed by atoms with Crippen LogP contribution in [0.3, 0.4) is 0 Å².